The van der Waals surface area contributed by atoms with Crippen molar-refractivity contribution in [3.63, 3.8) is 0 Å². The minimum Gasteiger partial charge on any atom is -0.368 e. The molecule has 0 aliphatic rings. The summed E-state index contributed by atoms with van der Waals surface area (Å²) in [5.41, 5.74) is 6.59. The van der Waals surface area contributed by atoms with Crippen molar-refractivity contribution in [2.24, 2.45) is 5.73 Å². The summed E-state index contributed by atoms with van der Waals surface area (Å²) in [6.07, 6.45) is 0.329. The number of primary amides is 1. The third-order valence-corrected chi connectivity index (χ3v) is 3.91. The lowest BCUT2D eigenvalue weighted by molar-refractivity contribution is -0.119. The largest absolute Gasteiger partial charge is 0.368 e. The van der Waals surface area contributed by atoms with Crippen LogP contribution in [0.1, 0.15) is 15.9 Å². The summed E-state index contributed by atoms with van der Waals surface area (Å²) in [5, 5.41) is 2.93. The molecule has 0 spiro atoms. The SMILES string of the molecule is NC(=O)C(Cc1ccccc1)NC(=O)c1ccc(Br)cc1Cl. The minimum absolute atomic E-state index is 0.296. The Morgan fingerprint density at radius 3 is 2.45 bits per heavy atom. The normalized spacial score (nSPS) is 11.7. The molecular formula is C16H14BrClN2O2. The van der Waals surface area contributed by atoms with E-state index in [9.17, 15) is 9.59 Å². The van der Waals surface area contributed by atoms with Crippen LogP contribution in [0.25, 0.3) is 0 Å². The van der Waals surface area contributed by atoms with E-state index in [4.69, 9.17) is 17.3 Å². The lowest BCUT2D eigenvalue weighted by atomic mass is 10.0. The number of benzene rings is 2. The van der Waals surface area contributed by atoms with Gasteiger partial charge in [0, 0.05) is 10.9 Å². The number of amides is 2. The molecule has 2 aromatic carbocycles. The number of rotatable bonds is 5. The average Bonchev–Trinajstić information content (AvgIpc) is 2.47. The molecule has 0 aliphatic heterocycles. The highest BCUT2D eigenvalue weighted by Gasteiger charge is 2.20. The van der Waals surface area contributed by atoms with E-state index >= 15 is 0 Å². The monoisotopic (exact) mass is 380 g/mol. The van der Waals surface area contributed by atoms with Crippen LogP contribution in [0.15, 0.2) is 53.0 Å². The standard InChI is InChI=1S/C16H14BrClN2O2/c17-11-6-7-12(13(18)9-11)16(22)20-14(15(19)21)8-10-4-2-1-3-5-10/h1-7,9,14H,8H2,(H2,19,21)(H,20,22). The van der Waals surface area contributed by atoms with Gasteiger partial charge in [-0.3, -0.25) is 9.59 Å². The maximum atomic E-state index is 12.3. The van der Waals surface area contributed by atoms with Gasteiger partial charge < -0.3 is 11.1 Å². The molecule has 1 atom stereocenters. The first kappa shape index (κ1) is 16.5. The second-order valence-corrected chi connectivity index (χ2v) is 6.07. The van der Waals surface area contributed by atoms with Crippen LogP contribution in [0, 0.1) is 0 Å². The molecule has 0 aromatic heterocycles. The molecule has 3 N–H and O–H groups in total. The van der Waals surface area contributed by atoms with Gasteiger partial charge in [-0.15, -0.1) is 0 Å². The van der Waals surface area contributed by atoms with Crippen LogP contribution in [0.2, 0.25) is 5.02 Å². The number of hydrogen-bond acceptors (Lipinski definition) is 2. The minimum atomic E-state index is -0.797. The van der Waals surface area contributed by atoms with E-state index in [0.29, 0.717) is 17.0 Å². The lowest BCUT2D eigenvalue weighted by Crippen LogP contribution is -2.45. The molecule has 0 saturated carbocycles. The van der Waals surface area contributed by atoms with Crippen molar-refractivity contribution in [1.29, 1.82) is 0 Å². The van der Waals surface area contributed by atoms with Crippen LogP contribution in [0.5, 0.6) is 0 Å². The van der Waals surface area contributed by atoms with Crippen LogP contribution >= 0.6 is 27.5 Å². The zero-order chi connectivity index (χ0) is 16.1. The van der Waals surface area contributed by atoms with E-state index < -0.39 is 17.9 Å². The van der Waals surface area contributed by atoms with Crippen LogP contribution < -0.4 is 11.1 Å². The Morgan fingerprint density at radius 2 is 1.86 bits per heavy atom. The van der Waals surface area contributed by atoms with Crippen molar-refractivity contribution in [3.05, 3.63) is 69.2 Å². The summed E-state index contributed by atoms with van der Waals surface area (Å²) in [7, 11) is 0. The molecule has 0 radical (unpaired) electrons. The van der Waals surface area contributed by atoms with Gasteiger partial charge in [0.1, 0.15) is 6.04 Å². The highest BCUT2D eigenvalue weighted by molar-refractivity contribution is 9.10. The van der Waals surface area contributed by atoms with E-state index in [1.54, 1.807) is 18.2 Å². The summed E-state index contributed by atoms with van der Waals surface area (Å²) in [6.45, 7) is 0. The highest BCUT2D eigenvalue weighted by atomic mass is 79.9. The number of hydrogen-bond donors (Lipinski definition) is 2. The molecule has 6 heteroatoms. The van der Waals surface area contributed by atoms with Crippen molar-refractivity contribution in [3.8, 4) is 0 Å². The summed E-state index contributed by atoms with van der Waals surface area (Å²) in [6, 6.07) is 13.5. The second-order valence-electron chi connectivity index (χ2n) is 4.74. The number of halogens is 2. The lowest BCUT2D eigenvalue weighted by Gasteiger charge is -2.16. The first-order valence-corrected chi connectivity index (χ1v) is 7.73. The Bertz CT molecular complexity index is 692. The van der Waals surface area contributed by atoms with E-state index in [-0.39, 0.29) is 0 Å². The highest BCUT2D eigenvalue weighted by Crippen LogP contribution is 2.21. The molecule has 0 fully saturated rings. The first-order chi connectivity index (χ1) is 10.5. The van der Waals surface area contributed by atoms with Gasteiger partial charge in [0.05, 0.1) is 10.6 Å². The maximum Gasteiger partial charge on any atom is 0.253 e. The predicted octanol–water partition coefficient (Wildman–Crippen LogP) is 2.93. The van der Waals surface area contributed by atoms with Gasteiger partial charge in [-0.05, 0) is 23.8 Å². The van der Waals surface area contributed by atoms with Crippen LogP contribution in [-0.2, 0) is 11.2 Å². The quantitative estimate of drug-likeness (QED) is 0.836. The molecule has 4 nitrogen and oxygen atoms in total. The topological polar surface area (TPSA) is 72.2 Å². The van der Waals surface area contributed by atoms with E-state index in [1.807, 2.05) is 30.3 Å². The molecule has 1 unspecified atom stereocenters. The molecule has 0 aliphatic carbocycles. The van der Waals surface area contributed by atoms with Crippen molar-refractivity contribution >= 4 is 39.3 Å². The fourth-order valence-corrected chi connectivity index (χ4v) is 2.74. The smallest absolute Gasteiger partial charge is 0.253 e. The maximum absolute atomic E-state index is 12.3. The molecule has 0 bridgehead atoms. The van der Waals surface area contributed by atoms with Crippen molar-refractivity contribution < 1.29 is 9.59 Å². The van der Waals surface area contributed by atoms with Gasteiger partial charge in [0.15, 0.2) is 0 Å². The van der Waals surface area contributed by atoms with Gasteiger partial charge in [-0.1, -0.05) is 57.9 Å². The molecule has 2 rings (SSSR count). The summed E-state index contributed by atoms with van der Waals surface area (Å²) in [5.74, 6) is -1.03. The van der Waals surface area contributed by atoms with Gasteiger partial charge >= 0.3 is 0 Å². The van der Waals surface area contributed by atoms with Crippen LogP contribution in [-0.4, -0.2) is 17.9 Å². The van der Waals surface area contributed by atoms with E-state index in [0.717, 1.165) is 10.0 Å². The summed E-state index contributed by atoms with van der Waals surface area (Å²) >= 11 is 9.31. The molecule has 0 saturated heterocycles. The Morgan fingerprint density at radius 1 is 1.18 bits per heavy atom. The number of carbonyl (C=O) groups is 2. The van der Waals surface area contributed by atoms with E-state index in [1.165, 1.54) is 0 Å². The van der Waals surface area contributed by atoms with Gasteiger partial charge in [-0.25, -0.2) is 0 Å². The third-order valence-electron chi connectivity index (χ3n) is 3.11. The number of nitrogens with one attached hydrogen (secondary N) is 1. The Kier molecular flexibility index (Phi) is 5.57. The van der Waals surface area contributed by atoms with E-state index in [2.05, 4.69) is 21.2 Å². The fourth-order valence-electron chi connectivity index (χ4n) is 1.98. The van der Waals surface area contributed by atoms with Crippen molar-refractivity contribution in [2.75, 3.05) is 0 Å². The summed E-state index contributed by atoms with van der Waals surface area (Å²) in [4.78, 5) is 23.8. The average molecular weight is 382 g/mol. The van der Waals surface area contributed by atoms with Gasteiger partial charge in [0.2, 0.25) is 5.91 Å². The zero-order valence-corrected chi connectivity index (χ0v) is 13.9. The molecule has 114 valence electrons. The zero-order valence-electron chi connectivity index (χ0n) is 11.6. The van der Waals surface area contributed by atoms with Crippen molar-refractivity contribution in [2.45, 2.75) is 12.5 Å². The van der Waals surface area contributed by atoms with Gasteiger partial charge in [-0.2, -0.15) is 0 Å². The molecular weight excluding hydrogens is 368 g/mol. The number of carbonyl (C=O) groups excluding carboxylic acids is 2. The van der Waals surface area contributed by atoms with Crippen molar-refractivity contribution in [1.82, 2.24) is 5.32 Å². The Hall–Kier alpha value is -1.85. The predicted molar refractivity (Wildman–Crippen MR) is 89.7 cm³/mol. The second kappa shape index (κ2) is 7.42. The van der Waals surface area contributed by atoms with Gasteiger partial charge in [0.25, 0.3) is 5.91 Å². The Labute approximate surface area is 141 Å². The molecule has 2 aromatic rings. The Balaban J connectivity index is 2.14. The fraction of sp³-hybridized carbons (Fsp3) is 0.125. The van der Waals surface area contributed by atoms with Crippen LogP contribution in [0.4, 0.5) is 0 Å². The summed E-state index contributed by atoms with van der Waals surface area (Å²) < 4.78 is 0.768. The first-order valence-electron chi connectivity index (χ1n) is 6.56. The van der Waals surface area contributed by atoms with Crippen LogP contribution in [0.3, 0.4) is 0 Å². The number of nitrogens with two attached hydrogens (primary N) is 1. The molecule has 0 heterocycles. The third kappa shape index (κ3) is 4.32. The molecule has 22 heavy (non-hydrogen) atoms. The molecule has 2 amide bonds.